The summed E-state index contributed by atoms with van der Waals surface area (Å²) in [5, 5.41) is 0. The summed E-state index contributed by atoms with van der Waals surface area (Å²) in [5.74, 6) is 0.833. The average molecular weight is 92.4 g/mol. The Labute approximate surface area is 72.9 Å². The molecule has 2 heteroatoms. The van der Waals surface area contributed by atoms with Gasteiger partial charge in [0.25, 0.3) is 0 Å². The molecule has 0 saturated heterocycles. The molecule has 0 amide bonds. The maximum atomic E-state index is 2.17. The van der Waals surface area contributed by atoms with Crippen molar-refractivity contribution in [1.29, 1.82) is 0 Å². The second-order valence-corrected chi connectivity index (χ2v) is 1.73. The van der Waals surface area contributed by atoms with Gasteiger partial charge in [-0.3, -0.25) is 0 Å². The first kappa shape index (κ1) is 15.7. The third-order valence-corrected chi connectivity index (χ3v) is 0. The van der Waals surface area contributed by atoms with Crippen LogP contribution in [0.5, 0.6) is 0 Å². The molecule has 0 unspecified atom stereocenters. The first-order valence-electron chi connectivity index (χ1n) is 1.73. The molecular formula is C4H13LiMg. The van der Waals surface area contributed by atoms with Gasteiger partial charge >= 0.3 is 41.9 Å². The Morgan fingerprint density at radius 1 is 1.17 bits per heavy atom. The molecule has 0 N–H and O–H groups in total. The van der Waals surface area contributed by atoms with E-state index in [0.717, 1.165) is 5.92 Å². The van der Waals surface area contributed by atoms with E-state index in [4.69, 9.17) is 0 Å². The third-order valence-electron chi connectivity index (χ3n) is 0. The van der Waals surface area contributed by atoms with E-state index in [1.165, 1.54) is 0 Å². The molecule has 0 aliphatic carbocycles. The van der Waals surface area contributed by atoms with Crippen LogP contribution >= 0.6 is 0 Å². The zero-order valence-corrected chi connectivity index (χ0v) is 6.70. The monoisotopic (exact) mass is 92.1 g/mol. The molecular weight excluding hydrogens is 79.3 g/mol. The Kier molecular flexibility index (Phi) is 25.1. The van der Waals surface area contributed by atoms with E-state index < -0.39 is 0 Å². The number of rotatable bonds is 0. The SMILES string of the molecule is CC(C)C.[H-].[H-].[H-].[Li+].[Mg+2]. The van der Waals surface area contributed by atoms with Gasteiger partial charge in [-0.05, 0) is 5.92 Å². The van der Waals surface area contributed by atoms with Crippen molar-refractivity contribution in [2.75, 3.05) is 0 Å². The molecule has 0 radical (unpaired) electrons. The summed E-state index contributed by atoms with van der Waals surface area (Å²) >= 11 is 0. The first-order valence-corrected chi connectivity index (χ1v) is 1.73. The van der Waals surface area contributed by atoms with E-state index in [-0.39, 0.29) is 46.2 Å². The number of hydrogen-bond donors (Lipinski definition) is 0. The average Bonchev–Trinajstić information content (AvgIpc) is 0.811. The van der Waals surface area contributed by atoms with Crippen molar-refractivity contribution < 1.29 is 23.1 Å². The van der Waals surface area contributed by atoms with Crippen LogP contribution in [0.4, 0.5) is 0 Å². The standard InChI is InChI=1S/C4H10.Li.Mg.3H/c1-4(2)3;;;;;/h4H,1-3H3;;;;;/q;+1;+2;3*-1. The van der Waals surface area contributed by atoms with Crippen molar-refractivity contribution in [2.24, 2.45) is 5.92 Å². The molecule has 0 rings (SSSR count). The smallest absolute Gasteiger partial charge is 1.00 e. The minimum absolute atomic E-state index is 0. The van der Waals surface area contributed by atoms with Crippen molar-refractivity contribution in [1.82, 2.24) is 0 Å². The van der Waals surface area contributed by atoms with Gasteiger partial charge in [0.05, 0.1) is 0 Å². The fourth-order valence-corrected chi connectivity index (χ4v) is 0. The van der Waals surface area contributed by atoms with Crippen LogP contribution in [0.25, 0.3) is 0 Å². The van der Waals surface area contributed by atoms with Crippen LogP contribution in [0.1, 0.15) is 25.1 Å². The van der Waals surface area contributed by atoms with Gasteiger partial charge in [0.1, 0.15) is 0 Å². The summed E-state index contributed by atoms with van der Waals surface area (Å²) in [6, 6.07) is 0. The molecule has 0 aromatic heterocycles. The predicted octanol–water partition coefficient (Wildman–Crippen LogP) is -1.38. The van der Waals surface area contributed by atoms with Crippen molar-refractivity contribution in [3.05, 3.63) is 0 Å². The molecule has 0 aromatic carbocycles. The van der Waals surface area contributed by atoms with Crippen LogP contribution in [0.15, 0.2) is 0 Å². The summed E-state index contributed by atoms with van der Waals surface area (Å²) < 4.78 is 0. The van der Waals surface area contributed by atoms with Crippen molar-refractivity contribution in [2.45, 2.75) is 20.8 Å². The van der Waals surface area contributed by atoms with Gasteiger partial charge in [0.15, 0.2) is 0 Å². The van der Waals surface area contributed by atoms with Gasteiger partial charge < -0.3 is 4.28 Å². The molecule has 0 aliphatic heterocycles. The molecule has 0 aliphatic rings. The van der Waals surface area contributed by atoms with Gasteiger partial charge in [-0.1, -0.05) is 20.8 Å². The molecule has 32 valence electrons. The Bertz CT molecular complexity index is 20.5. The molecule has 0 fully saturated rings. The van der Waals surface area contributed by atoms with Crippen LogP contribution in [0.3, 0.4) is 0 Å². The normalized spacial score (nSPS) is 6.00. The predicted molar refractivity (Wildman–Crippen MR) is 29.6 cm³/mol. The van der Waals surface area contributed by atoms with Crippen molar-refractivity contribution in [3.8, 4) is 0 Å². The molecule has 0 nitrogen and oxygen atoms in total. The van der Waals surface area contributed by atoms with Crippen molar-refractivity contribution in [3.63, 3.8) is 0 Å². The largest absolute Gasteiger partial charge is 2.00 e. The summed E-state index contributed by atoms with van der Waals surface area (Å²) in [5.41, 5.74) is 0. The van der Waals surface area contributed by atoms with E-state index in [0.29, 0.717) is 0 Å². The number of hydrogen-bond acceptors (Lipinski definition) is 0. The van der Waals surface area contributed by atoms with Crippen LogP contribution in [0, 0.1) is 5.92 Å². The summed E-state index contributed by atoms with van der Waals surface area (Å²) in [6.45, 7) is 6.50. The van der Waals surface area contributed by atoms with Gasteiger partial charge in [-0.25, -0.2) is 0 Å². The van der Waals surface area contributed by atoms with Crippen LogP contribution in [-0.4, -0.2) is 23.1 Å². The molecule has 0 aromatic rings. The Morgan fingerprint density at radius 2 is 1.17 bits per heavy atom. The minimum atomic E-state index is 0. The maximum absolute atomic E-state index is 2.17. The molecule has 0 heterocycles. The summed E-state index contributed by atoms with van der Waals surface area (Å²) in [7, 11) is 0. The van der Waals surface area contributed by atoms with Gasteiger partial charge in [0.2, 0.25) is 0 Å². The third kappa shape index (κ3) is 54.9. The van der Waals surface area contributed by atoms with E-state index in [2.05, 4.69) is 20.8 Å². The van der Waals surface area contributed by atoms with E-state index in [9.17, 15) is 0 Å². The van der Waals surface area contributed by atoms with E-state index >= 15 is 0 Å². The van der Waals surface area contributed by atoms with Crippen molar-refractivity contribution >= 4 is 23.1 Å². The molecule has 0 spiro atoms. The second kappa shape index (κ2) is 9.61. The van der Waals surface area contributed by atoms with Crippen LogP contribution < -0.4 is 18.9 Å². The van der Waals surface area contributed by atoms with Crippen LogP contribution in [0.2, 0.25) is 0 Å². The summed E-state index contributed by atoms with van der Waals surface area (Å²) in [4.78, 5) is 0. The van der Waals surface area contributed by atoms with E-state index in [1.54, 1.807) is 0 Å². The maximum Gasteiger partial charge on any atom is 2.00 e. The Balaban J connectivity index is -0.00000000450. The Morgan fingerprint density at radius 3 is 1.17 bits per heavy atom. The molecule has 0 bridgehead atoms. The Hall–Kier alpha value is 1.36. The van der Waals surface area contributed by atoms with Crippen LogP contribution in [-0.2, 0) is 0 Å². The molecule has 0 atom stereocenters. The zero-order chi connectivity index (χ0) is 3.58. The quantitative estimate of drug-likeness (QED) is 0.323. The van der Waals surface area contributed by atoms with Gasteiger partial charge in [0, 0.05) is 0 Å². The van der Waals surface area contributed by atoms with Gasteiger partial charge in [-0.2, -0.15) is 0 Å². The fraction of sp³-hybridized carbons (Fsp3) is 1.00. The fourth-order valence-electron chi connectivity index (χ4n) is 0. The second-order valence-electron chi connectivity index (χ2n) is 1.73. The molecule has 6 heavy (non-hydrogen) atoms. The van der Waals surface area contributed by atoms with E-state index in [1.807, 2.05) is 0 Å². The molecule has 0 saturated carbocycles. The minimum Gasteiger partial charge on any atom is -1.00 e. The van der Waals surface area contributed by atoms with Gasteiger partial charge in [-0.15, -0.1) is 0 Å². The first-order chi connectivity index (χ1) is 1.73. The zero-order valence-electron chi connectivity index (χ0n) is 8.28. The summed E-state index contributed by atoms with van der Waals surface area (Å²) in [6.07, 6.45) is 0. The topological polar surface area (TPSA) is 0 Å².